The average Bonchev–Trinajstić information content (AvgIpc) is 2.68. The summed E-state index contributed by atoms with van der Waals surface area (Å²) in [6.45, 7) is 5.42. The van der Waals surface area contributed by atoms with Crippen LogP contribution in [-0.2, 0) is 6.42 Å². The van der Waals surface area contributed by atoms with Gasteiger partial charge in [0, 0.05) is 30.2 Å². The number of fused-ring (bicyclic) bond motifs is 1. The van der Waals surface area contributed by atoms with Crippen molar-refractivity contribution < 1.29 is 0 Å². The van der Waals surface area contributed by atoms with Crippen LogP contribution >= 0.6 is 0 Å². The second kappa shape index (κ2) is 4.02. The van der Waals surface area contributed by atoms with Crippen LogP contribution in [0.5, 0.6) is 0 Å². The highest BCUT2D eigenvalue weighted by Gasteiger charge is 2.21. The highest BCUT2D eigenvalue weighted by atomic mass is 15.2. The number of aliphatic imine (C=N–C) groups is 1. The van der Waals surface area contributed by atoms with E-state index in [1.54, 1.807) is 0 Å². The predicted molar refractivity (Wildman–Crippen MR) is 72.9 cm³/mol. The molecule has 0 spiro atoms. The molecule has 0 radical (unpaired) electrons. The van der Waals surface area contributed by atoms with Gasteiger partial charge in [-0.15, -0.1) is 0 Å². The lowest BCUT2D eigenvalue weighted by Gasteiger charge is -2.27. The Balaban J connectivity index is 1.99. The SMILES string of the molecule is CC1=CCC(C)N1c1ccc2c(c1)CCN=C2. The van der Waals surface area contributed by atoms with Crippen LogP contribution < -0.4 is 4.90 Å². The third-order valence-electron chi connectivity index (χ3n) is 3.72. The summed E-state index contributed by atoms with van der Waals surface area (Å²) in [4.78, 5) is 6.76. The third kappa shape index (κ3) is 1.78. The summed E-state index contributed by atoms with van der Waals surface area (Å²) in [5, 5.41) is 0. The standard InChI is InChI=1S/C15H18N2/c1-11-3-4-12(2)17(11)15-6-5-14-10-16-8-7-13(14)9-15/h3,5-6,9-10,12H,4,7-8H2,1-2H3. The van der Waals surface area contributed by atoms with Crippen LogP contribution in [0.4, 0.5) is 5.69 Å². The Hall–Kier alpha value is -1.57. The molecule has 17 heavy (non-hydrogen) atoms. The molecule has 1 aromatic carbocycles. The lowest BCUT2D eigenvalue weighted by molar-refractivity contribution is 0.745. The van der Waals surface area contributed by atoms with Gasteiger partial charge in [0.25, 0.3) is 0 Å². The molecule has 88 valence electrons. The predicted octanol–water partition coefficient (Wildman–Crippen LogP) is 3.16. The minimum Gasteiger partial charge on any atom is -0.343 e. The third-order valence-corrected chi connectivity index (χ3v) is 3.72. The molecule has 3 rings (SSSR count). The summed E-state index contributed by atoms with van der Waals surface area (Å²) in [7, 11) is 0. The quantitative estimate of drug-likeness (QED) is 0.718. The van der Waals surface area contributed by atoms with Crippen LogP contribution in [0, 0.1) is 0 Å². The van der Waals surface area contributed by atoms with Crippen molar-refractivity contribution in [2.24, 2.45) is 4.99 Å². The minimum absolute atomic E-state index is 0.588. The molecule has 0 saturated heterocycles. The Bertz CT molecular complexity index is 500. The highest BCUT2D eigenvalue weighted by molar-refractivity contribution is 5.84. The van der Waals surface area contributed by atoms with Crippen molar-refractivity contribution in [3.05, 3.63) is 41.1 Å². The number of hydrogen-bond acceptors (Lipinski definition) is 2. The van der Waals surface area contributed by atoms with Gasteiger partial charge in [-0.1, -0.05) is 12.1 Å². The maximum absolute atomic E-state index is 4.33. The summed E-state index contributed by atoms with van der Waals surface area (Å²) >= 11 is 0. The molecule has 0 aliphatic carbocycles. The van der Waals surface area contributed by atoms with Gasteiger partial charge in [-0.3, -0.25) is 4.99 Å². The van der Waals surface area contributed by atoms with Crippen LogP contribution in [0.2, 0.25) is 0 Å². The van der Waals surface area contributed by atoms with Gasteiger partial charge in [-0.05, 0) is 49.9 Å². The summed E-state index contributed by atoms with van der Waals surface area (Å²) in [6, 6.07) is 7.34. The van der Waals surface area contributed by atoms with Gasteiger partial charge >= 0.3 is 0 Å². The van der Waals surface area contributed by atoms with E-state index in [4.69, 9.17) is 0 Å². The summed E-state index contributed by atoms with van der Waals surface area (Å²) in [5.74, 6) is 0. The van der Waals surface area contributed by atoms with Crippen molar-refractivity contribution in [2.75, 3.05) is 11.4 Å². The number of rotatable bonds is 1. The molecular weight excluding hydrogens is 208 g/mol. The first-order chi connectivity index (χ1) is 8.25. The number of nitrogens with zero attached hydrogens (tertiary/aromatic N) is 2. The summed E-state index contributed by atoms with van der Waals surface area (Å²) in [6.07, 6.45) is 6.55. The molecule has 1 unspecified atom stereocenters. The molecule has 0 aromatic heterocycles. The molecule has 2 heterocycles. The number of benzene rings is 1. The molecule has 2 heteroatoms. The fraction of sp³-hybridized carbons (Fsp3) is 0.400. The first-order valence-corrected chi connectivity index (χ1v) is 6.34. The monoisotopic (exact) mass is 226 g/mol. The van der Waals surface area contributed by atoms with Crippen LogP contribution in [-0.4, -0.2) is 18.8 Å². The molecule has 0 amide bonds. The van der Waals surface area contributed by atoms with E-state index in [9.17, 15) is 0 Å². The smallest absolute Gasteiger partial charge is 0.0430 e. The van der Waals surface area contributed by atoms with Crippen molar-refractivity contribution in [3.8, 4) is 0 Å². The van der Waals surface area contributed by atoms with E-state index in [1.807, 2.05) is 6.21 Å². The molecule has 1 atom stereocenters. The second-order valence-corrected chi connectivity index (χ2v) is 4.97. The number of allylic oxidation sites excluding steroid dienone is 1. The summed E-state index contributed by atoms with van der Waals surface area (Å²) < 4.78 is 0. The van der Waals surface area contributed by atoms with Gasteiger partial charge in [0.2, 0.25) is 0 Å². The van der Waals surface area contributed by atoms with Gasteiger partial charge in [0.05, 0.1) is 0 Å². The Morgan fingerprint density at radius 2 is 2.24 bits per heavy atom. The van der Waals surface area contributed by atoms with Gasteiger partial charge in [-0.25, -0.2) is 0 Å². The molecule has 1 aromatic rings. The van der Waals surface area contributed by atoms with Gasteiger partial charge in [-0.2, -0.15) is 0 Å². The van der Waals surface area contributed by atoms with E-state index >= 15 is 0 Å². The Kier molecular flexibility index (Phi) is 2.50. The molecule has 2 aliphatic rings. The zero-order valence-corrected chi connectivity index (χ0v) is 10.5. The molecule has 2 nitrogen and oxygen atoms in total. The fourth-order valence-electron chi connectivity index (χ4n) is 2.78. The first-order valence-electron chi connectivity index (χ1n) is 6.34. The van der Waals surface area contributed by atoms with E-state index in [0.717, 1.165) is 19.4 Å². The Morgan fingerprint density at radius 3 is 3.00 bits per heavy atom. The van der Waals surface area contributed by atoms with Crippen LogP contribution in [0.15, 0.2) is 35.0 Å². The topological polar surface area (TPSA) is 15.6 Å². The highest BCUT2D eigenvalue weighted by Crippen LogP contribution is 2.30. The van der Waals surface area contributed by atoms with Crippen molar-refractivity contribution in [2.45, 2.75) is 32.7 Å². The molecular formula is C15H18N2. The van der Waals surface area contributed by atoms with E-state index in [1.165, 1.54) is 22.5 Å². The average molecular weight is 226 g/mol. The summed E-state index contributed by atoms with van der Waals surface area (Å²) in [5.41, 5.74) is 5.43. The normalized spacial score (nSPS) is 22.6. The van der Waals surface area contributed by atoms with Crippen LogP contribution in [0.3, 0.4) is 0 Å². The minimum atomic E-state index is 0.588. The van der Waals surface area contributed by atoms with E-state index < -0.39 is 0 Å². The molecule has 0 N–H and O–H groups in total. The van der Waals surface area contributed by atoms with Crippen LogP contribution in [0.1, 0.15) is 31.4 Å². The zero-order valence-electron chi connectivity index (χ0n) is 10.5. The van der Waals surface area contributed by atoms with Crippen molar-refractivity contribution in [1.82, 2.24) is 0 Å². The molecule has 2 aliphatic heterocycles. The fourth-order valence-corrected chi connectivity index (χ4v) is 2.78. The van der Waals surface area contributed by atoms with Crippen LogP contribution in [0.25, 0.3) is 0 Å². The van der Waals surface area contributed by atoms with E-state index in [-0.39, 0.29) is 0 Å². The van der Waals surface area contributed by atoms with E-state index in [0.29, 0.717) is 6.04 Å². The van der Waals surface area contributed by atoms with Gasteiger partial charge in [0.1, 0.15) is 0 Å². The van der Waals surface area contributed by atoms with Crippen molar-refractivity contribution in [1.29, 1.82) is 0 Å². The zero-order chi connectivity index (χ0) is 11.8. The first kappa shape index (κ1) is 10.6. The Labute approximate surface area is 103 Å². The number of anilines is 1. The molecule has 0 saturated carbocycles. The lowest BCUT2D eigenvalue weighted by atomic mass is 10.0. The van der Waals surface area contributed by atoms with Gasteiger partial charge < -0.3 is 4.90 Å². The maximum atomic E-state index is 4.33. The number of hydrogen-bond donors (Lipinski definition) is 0. The van der Waals surface area contributed by atoms with E-state index in [2.05, 4.69) is 48.0 Å². The largest absolute Gasteiger partial charge is 0.343 e. The van der Waals surface area contributed by atoms with Gasteiger partial charge in [0.15, 0.2) is 0 Å². The second-order valence-electron chi connectivity index (χ2n) is 4.97. The van der Waals surface area contributed by atoms with Crippen molar-refractivity contribution in [3.63, 3.8) is 0 Å². The van der Waals surface area contributed by atoms with Crippen molar-refractivity contribution >= 4 is 11.9 Å². The molecule has 0 fully saturated rings. The molecule has 0 bridgehead atoms. The lowest BCUT2D eigenvalue weighted by Crippen LogP contribution is -2.26. The maximum Gasteiger partial charge on any atom is 0.0430 e. The Morgan fingerprint density at radius 1 is 1.35 bits per heavy atom.